The summed E-state index contributed by atoms with van der Waals surface area (Å²) in [5.74, 6) is -0.415. The second-order valence-electron chi connectivity index (χ2n) is 4.06. The SMILES string of the molecule is CCCNC(=O)CCNC(=O)c1cccc(N)c1Cl. The van der Waals surface area contributed by atoms with E-state index in [9.17, 15) is 9.59 Å². The van der Waals surface area contributed by atoms with Crippen molar-refractivity contribution in [1.82, 2.24) is 10.6 Å². The molecule has 0 aliphatic rings. The fourth-order valence-electron chi connectivity index (χ4n) is 1.46. The molecule has 0 radical (unpaired) electrons. The van der Waals surface area contributed by atoms with Crippen LogP contribution in [0, 0.1) is 0 Å². The number of nitrogens with two attached hydrogens (primary N) is 1. The van der Waals surface area contributed by atoms with E-state index in [-0.39, 0.29) is 29.8 Å². The molecule has 0 bridgehead atoms. The van der Waals surface area contributed by atoms with E-state index in [2.05, 4.69) is 10.6 Å². The summed E-state index contributed by atoms with van der Waals surface area (Å²) in [6.45, 7) is 2.89. The Morgan fingerprint density at radius 2 is 2.00 bits per heavy atom. The van der Waals surface area contributed by atoms with Crippen molar-refractivity contribution in [1.29, 1.82) is 0 Å². The molecule has 1 rings (SSSR count). The molecular formula is C13H18ClN3O2. The van der Waals surface area contributed by atoms with E-state index in [1.54, 1.807) is 18.2 Å². The van der Waals surface area contributed by atoms with Gasteiger partial charge in [0.2, 0.25) is 5.91 Å². The van der Waals surface area contributed by atoms with Crippen LogP contribution in [0.3, 0.4) is 0 Å². The fourth-order valence-corrected chi connectivity index (χ4v) is 1.67. The molecule has 0 heterocycles. The van der Waals surface area contributed by atoms with Gasteiger partial charge in [-0.1, -0.05) is 24.6 Å². The number of hydrogen-bond acceptors (Lipinski definition) is 3. The van der Waals surface area contributed by atoms with Crippen LogP contribution in [0.5, 0.6) is 0 Å². The number of hydrogen-bond donors (Lipinski definition) is 3. The van der Waals surface area contributed by atoms with Gasteiger partial charge in [0.1, 0.15) is 0 Å². The Morgan fingerprint density at radius 3 is 2.68 bits per heavy atom. The number of carbonyl (C=O) groups excluding carboxylic acids is 2. The standard InChI is InChI=1S/C13H18ClN3O2/c1-2-7-16-11(18)6-8-17-13(19)9-4-3-5-10(15)12(9)14/h3-5H,2,6-8,15H2,1H3,(H,16,18)(H,17,19). The van der Waals surface area contributed by atoms with Crippen molar-refractivity contribution < 1.29 is 9.59 Å². The van der Waals surface area contributed by atoms with Gasteiger partial charge in [-0.05, 0) is 18.6 Å². The van der Waals surface area contributed by atoms with Crippen molar-refractivity contribution in [3.8, 4) is 0 Å². The van der Waals surface area contributed by atoms with E-state index >= 15 is 0 Å². The molecule has 0 atom stereocenters. The van der Waals surface area contributed by atoms with Crippen molar-refractivity contribution in [3.63, 3.8) is 0 Å². The van der Waals surface area contributed by atoms with E-state index in [0.717, 1.165) is 6.42 Å². The first kappa shape index (κ1) is 15.3. The number of nitrogens with one attached hydrogen (secondary N) is 2. The predicted octanol–water partition coefficient (Wildman–Crippen LogP) is 1.57. The molecule has 1 aromatic carbocycles. The predicted molar refractivity (Wildman–Crippen MR) is 76.1 cm³/mol. The normalized spacial score (nSPS) is 10.0. The van der Waals surface area contributed by atoms with Crippen molar-refractivity contribution in [2.24, 2.45) is 0 Å². The number of rotatable bonds is 6. The van der Waals surface area contributed by atoms with Gasteiger partial charge in [0.25, 0.3) is 5.91 Å². The lowest BCUT2D eigenvalue weighted by Gasteiger charge is -2.08. The molecule has 0 unspecified atom stereocenters. The van der Waals surface area contributed by atoms with Crippen LogP contribution in [0.1, 0.15) is 30.1 Å². The van der Waals surface area contributed by atoms with Crippen LogP contribution in [0.2, 0.25) is 5.02 Å². The van der Waals surface area contributed by atoms with Gasteiger partial charge >= 0.3 is 0 Å². The summed E-state index contributed by atoms with van der Waals surface area (Å²) in [6, 6.07) is 4.87. The van der Waals surface area contributed by atoms with Gasteiger partial charge in [-0.2, -0.15) is 0 Å². The Morgan fingerprint density at radius 1 is 1.26 bits per heavy atom. The summed E-state index contributed by atoms with van der Waals surface area (Å²) in [5, 5.41) is 5.60. The van der Waals surface area contributed by atoms with E-state index in [1.807, 2.05) is 6.92 Å². The minimum absolute atomic E-state index is 0.0826. The van der Waals surface area contributed by atoms with Crippen LogP contribution < -0.4 is 16.4 Å². The Hall–Kier alpha value is -1.75. The molecule has 0 aliphatic heterocycles. The van der Waals surface area contributed by atoms with Gasteiger partial charge in [-0.25, -0.2) is 0 Å². The van der Waals surface area contributed by atoms with Crippen LogP contribution in [-0.4, -0.2) is 24.9 Å². The van der Waals surface area contributed by atoms with Crippen LogP contribution in [-0.2, 0) is 4.79 Å². The van der Waals surface area contributed by atoms with E-state index in [1.165, 1.54) is 0 Å². The lowest BCUT2D eigenvalue weighted by molar-refractivity contribution is -0.120. The van der Waals surface area contributed by atoms with Crippen LogP contribution in [0.15, 0.2) is 18.2 Å². The quantitative estimate of drug-likeness (QED) is 0.693. The van der Waals surface area contributed by atoms with E-state index < -0.39 is 0 Å². The molecule has 104 valence electrons. The van der Waals surface area contributed by atoms with Gasteiger partial charge in [0.15, 0.2) is 0 Å². The molecule has 1 aromatic rings. The number of nitrogen functional groups attached to an aromatic ring is 1. The number of benzene rings is 1. The Labute approximate surface area is 117 Å². The molecule has 0 aliphatic carbocycles. The summed E-state index contributed by atoms with van der Waals surface area (Å²) in [5.41, 5.74) is 6.29. The first-order valence-corrected chi connectivity index (χ1v) is 6.53. The topological polar surface area (TPSA) is 84.2 Å². The molecule has 6 heteroatoms. The van der Waals surface area contributed by atoms with E-state index in [4.69, 9.17) is 17.3 Å². The van der Waals surface area contributed by atoms with Crippen molar-refractivity contribution >= 4 is 29.1 Å². The monoisotopic (exact) mass is 283 g/mol. The van der Waals surface area contributed by atoms with Crippen molar-refractivity contribution in [2.75, 3.05) is 18.8 Å². The number of carbonyl (C=O) groups is 2. The zero-order valence-corrected chi connectivity index (χ0v) is 11.6. The van der Waals surface area contributed by atoms with Crippen molar-refractivity contribution in [2.45, 2.75) is 19.8 Å². The van der Waals surface area contributed by atoms with Gasteiger partial charge in [0, 0.05) is 19.5 Å². The first-order chi connectivity index (χ1) is 9.06. The zero-order chi connectivity index (χ0) is 14.3. The molecule has 5 nitrogen and oxygen atoms in total. The number of amides is 2. The second-order valence-corrected chi connectivity index (χ2v) is 4.44. The molecule has 0 saturated heterocycles. The lowest BCUT2D eigenvalue weighted by Crippen LogP contribution is -2.31. The summed E-state index contributed by atoms with van der Waals surface area (Å²) < 4.78 is 0. The summed E-state index contributed by atoms with van der Waals surface area (Å²) in [4.78, 5) is 23.2. The largest absolute Gasteiger partial charge is 0.398 e. The highest BCUT2D eigenvalue weighted by atomic mass is 35.5. The highest BCUT2D eigenvalue weighted by Crippen LogP contribution is 2.22. The Balaban J connectivity index is 2.43. The van der Waals surface area contributed by atoms with Crippen LogP contribution in [0.25, 0.3) is 0 Å². The highest BCUT2D eigenvalue weighted by Gasteiger charge is 2.11. The van der Waals surface area contributed by atoms with Gasteiger partial charge in [-0.15, -0.1) is 0 Å². The third-order valence-corrected chi connectivity index (χ3v) is 2.90. The van der Waals surface area contributed by atoms with Gasteiger partial charge < -0.3 is 16.4 Å². The van der Waals surface area contributed by atoms with Crippen LogP contribution >= 0.6 is 11.6 Å². The summed E-state index contributed by atoms with van der Waals surface area (Å²) in [7, 11) is 0. The number of anilines is 1. The molecule has 19 heavy (non-hydrogen) atoms. The molecular weight excluding hydrogens is 266 g/mol. The average molecular weight is 284 g/mol. The Bertz CT molecular complexity index is 463. The summed E-state index contributed by atoms with van der Waals surface area (Å²) >= 11 is 5.93. The van der Waals surface area contributed by atoms with Crippen molar-refractivity contribution in [3.05, 3.63) is 28.8 Å². The molecule has 4 N–H and O–H groups in total. The minimum Gasteiger partial charge on any atom is -0.398 e. The third-order valence-electron chi connectivity index (χ3n) is 2.48. The number of halogens is 1. The van der Waals surface area contributed by atoms with Crippen LogP contribution in [0.4, 0.5) is 5.69 Å². The maximum Gasteiger partial charge on any atom is 0.252 e. The molecule has 0 saturated carbocycles. The minimum atomic E-state index is -0.333. The fraction of sp³-hybridized carbons (Fsp3) is 0.385. The lowest BCUT2D eigenvalue weighted by atomic mass is 10.2. The third kappa shape index (κ3) is 4.79. The zero-order valence-electron chi connectivity index (χ0n) is 10.8. The smallest absolute Gasteiger partial charge is 0.252 e. The molecule has 0 fully saturated rings. The van der Waals surface area contributed by atoms with Gasteiger partial charge in [-0.3, -0.25) is 9.59 Å². The average Bonchev–Trinajstić information content (AvgIpc) is 2.39. The first-order valence-electron chi connectivity index (χ1n) is 6.15. The highest BCUT2D eigenvalue weighted by molar-refractivity contribution is 6.36. The second kappa shape index (κ2) is 7.63. The maximum absolute atomic E-state index is 11.8. The maximum atomic E-state index is 11.8. The molecule has 0 aromatic heterocycles. The summed E-state index contributed by atoms with van der Waals surface area (Å²) in [6.07, 6.45) is 1.13. The van der Waals surface area contributed by atoms with E-state index in [0.29, 0.717) is 17.8 Å². The Kier molecular flexibility index (Phi) is 6.15. The van der Waals surface area contributed by atoms with Gasteiger partial charge in [0.05, 0.1) is 16.3 Å². The molecule has 0 spiro atoms. The molecule has 2 amide bonds.